The third-order valence-corrected chi connectivity index (χ3v) is 8.72. The highest BCUT2D eigenvalue weighted by Gasteiger charge is 2.40. The van der Waals surface area contributed by atoms with Gasteiger partial charge in [-0.05, 0) is 51.3 Å². The number of aromatic nitrogens is 1. The summed E-state index contributed by atoms with van der Waals surface area (Å²) in [4.78, 5) is 12.3. The molecule has 3 atom stereocenters. The molecule has 1 aliphatic heterocycles. The van der Waals surface area contributed by atoms with Gasteiger partial charge < -0.3 is 9.84 Å². The Morgan fingerprint density at radius 1 is 1.17 bits per heavy atom. The third kappa shape index (κ3) is 5.13. The van der Waals surface area contributed by atoms with E-state index in [9.17, 15) is 13.2 Å². The molecule has 3 aromatic rings. The molecule has 0 radical (unpaired) electrons. The molecular weight excluding hydrogens is 476 g/mol. The van der Waals surface area contributed by atoms with Gasteiger partial charge in [-0.25, -0.2) is 17.2 Å². The fourth-order valence-electron chi connectivity index (χ4n) is 4.39. The molecule has 0 spiro atoms. The molecule has 1 saturated heterocycles. The Morgan fingerprint density at radius 2 is 1.89 bits per heavy atom. The molecule has 0 bridgehead atoms. The first-order valence-corrected chi connectivity index (χ1v) is 12.9. The molecule has 35 heavy (non-hydrogen) atoms. The first kappa shape index (κ1) is 25.0. The van der Waals surface area contributed by atoms with E-state index in [-0.39, 0.29) is 29.5 Å². The fraction of sp³-hybridized carbons (Fsp3) is 0.360. The zero-order valence-corrected chi connectivity index (χ0v) is 20.5. The summed E-state index contributed by atoms with van der Waals surface area (Å²) >= 11 is 0. The summed E-state index contributed by atoms with van der Waals surface area (Å²) in [5.74, 6) is -2.14. The smallest absolute Gasteiger partial charge is 0.290 e. The molecule has 1 aromatic heterocycles. The standard InChI is InChI=1S/C25H27F2N3O4S/c1-15-11-23(34-29-15)25(31)28-17(3)20-13-21(26)19(12-22(20)27)14-30-16(2)9-10-24(35(30,32)33)18-7-5-4-6-8-18/h4-8,11-13,16-17,24H,9-10,14H2,1-3H3,(H,28,31)/t16-,17?,24+/m1/s1. The van der Waals surface area contributed by atoms with E-state index >= 15 is 8.78 Å². The lowest BCUT2D eigenvalue weighted by molar-refractivity contribution is 0.0902. The topological polar surface area (TPSA) is 92.5 Å². The van der Waals surface area contributed by atoms with Crippen LogP contribution in [-0.4, -0.2) is 29.8 Å². The number of benzene rings is 2. The normalized spacial score (nSPS) is 20.9. The number of hydrogen-bond donors (Lipinski definition) is 1. The minimum Gasteiger partial charge on any atom is -0.351 e. The van der Waals surface area contributed by atoms with E-state index in [0.29, 0.717) is 24.1 Å². The lowest BCUT2D eigenvalue weighted by Crippen LogP contribution is -2.44. The number of nitrogens with one attached hydrogen (secondary N) is 1. The lowest BCUT2D eigenvalue weighted by Gasteiger charge is -2.37. The van der Waals surface area contributed by atoms with E-state index < -0.39 is 38.9 Å². The van der Waals surface area contributed by atoms with Gasteiger partial charge in [0.25, 0.3) is 5.91 Å². The maximum atomic E-state index is 15.1. The number of halogens is 2. The molecular formula is C25H27F2N3O4S. The molecule has 4 rings (SSSR count). The van der Waals surface area contributed by atoms with E-state index in [1.807, 2.05) is 6.07 Å². The second-order valence-electron chi connectivity index (χ2n) is 8.91. The van der Waals surface area contributed by atoms with Crippen molar-refractivity contribution in [2.75, 3.05) is 0 Å². The third-order valence-electron chi connectivity index (χ3n) is 6.35. The molecule has 1 N–H and O–H groups in total. The fourth-order valence-corrected chi connectivity index (χ4v) is 6.58. The monoisotopic (exact) mass is 503 g/mol. The molecule has 1 fully saturated rings. The van der Waals surface area contributed by atoms with Crippen molar-refractivity contribution in [1.29, 1.82) is 0 Å². The highest BCUT2D eigenvalue weighted by Crippen LogP contribution is 2.38. The molecule has 2 aromatic carbocycles. The van der Waals surface area contributed by atoms with Gasteiger partial charge in [0.1, 0.15) is 16.9 Å². The van der Waals surface area contributed by atoms with Crippen molar-refractivity contribution in [3.8, 4) is 0 Å². The molecule has 0 aliphatic carbocycles. The summed E-state index contributed by atoms with van der Waals surface area (Å²) in [6.07, 6.45) is 1.06. The maximum absolute atomic E-state index is 15.1. The molecule has 1 aliphatic rings. The molecule has 1 unspecified atom stereocenters. The van der Waals surface area contributed by atoms with Gasteiger partial charge in [-0.3, -0.25) is 4.79 Å². The Kier molecular flexibility index (Phi) is 7.05. The first-order chi connectivity index (χ1) is 16.6. The van der Waals surface area contributed by atoms with Crippen molar-refractivity contribution >= 4 is 15.9 Å². The van der Waals surface area contributed by atoms with E-state index in [4.69, 9.17) is 4.52 Å². The molecule has 10 heteroatoms. The van der Waals surface area contributed by atoms with Crippen LogP contribution in [0.2, 0.25) is 0 Å². The summed E-state index contributed by atoms with van der Waals surface area (Å²) in [7, 11) is -3.79. The van der Waals surface area contributed by atoms with Crippen molar-refractivity contribution in [2.45, 2.75) is 57.5 Å². The number of aryl methyl sites for hydroxylation is 1. The SMILES string of the molecule is Cc1cc(C(=O)NC(C)c2cc(F)c(CN3[C@H](C)CC[C@@H](c4ccccc4)S3(=O)=O)cc2F)on1. The maximum Gasteiger partial charge on any atom is 0.290 e. The van der Waals surface area contributed by atoms with Crippen LogP contribution in [0.3, 0.4) is 0 Å². The molecule has 7 nitrogen and oxygen atoms in total. The first-order valence-electron chi connectivity index (χ1n) is 11.4. The zero-order valence-electron chi connectivity index (χ0n) is 19.7. The van der Waals surface area contributed by atoms with Crippen LogP contribution in [0.15, 0.2) is 53.1 Å². The predicted octanol–water partition coefficient (Wildman–Crippen LogP) is 4.81. The predicted molar refractivity (Wildman–Crippen MR) is 126 cm³/mol. The van der Waals surface area contributed by atoms with E-state index in [0.717, 1.165) is 12.1 Å². The van der Waals surface area contributed by atoms with Gasteiger partial charge in [0, 0.05) is 29.8 Å². The number of hydrogen-bond acceptors (Lipinski definition) is 5. The zero-order chi connectivity index (χ0) is 25.3. The van der Waals surface area contributed by atoms with Crippen molar-refractivity contribution in [3.05, 3.63) is 88.3 Å². The van der Waals surface area contributed by atoms with Crippen LogP contribution in [0.25, 0.3) is 0 Å². The van der Waals surface area contributed by atoms with Crippen molar-refractivity contribution in [1.82, 2.24) is 14.8 Å². The average molecular weight is 504 g/mol. The summed E-state index contributed by atoms with van der Waals surface area (Å²) in [6.45, 7) is 4.65. The Hall–Kier alpha value is -3.11. The minimum absolute atomic E-state index is 0.0379. The number of sulfonamides is 1. The van der Waals surface area contributed by atoms with Gasteiger partial charge in [0.05, 0.1) is 11.7 Å². The molecule has 1 amide bonds. The summed E-state index contributed by atoms with van der Waals surface area (Å²) in [5, 5.41) is 5.45. The highest BCUT2D eigenvalue weighted by atomic mass is 32.2. The van der Waals surface area contributed by atoms with Crippen LogP contribution in [0, 0.1) is 18.6 Å². The van der Waals surface area contributed by atoms with Crippen LogP contribution in [0.4, 0.5) is 8.78 Å². The van der Waals surface area contributed by atoms with Gasteiger partial charge in [-0.2, -0.15) is 4.31 Å². The quantitative estimate of drug-likeness (QED) is 0.521. The van der Waals surface area contributed by atoms with E-state index in [1.54, 1.807) is 38.1 Å². The Balaban J connectivity index is 1.55. The Labute approximate surface area is 203 Å². The average Bonchev–Trinajstić information content (AvgIpc) is 3.25. The second-order valence-corrected chi connectivity index (χ2v) is 11.0. The van der Waals surface area contributed by atoms with E-state index in [2.05, 4.69) is 10.5 Å². The summed E-state index contributed by atoms with van der Waals surface area (Å²) in [6, 6.07) is 11.1. The number of carbonyl (C=O) groups excluding carboxylic acids is 1. The van der Waals surface area contributed by atoms with Gasteiger partial charge in [-0.1, -0.05) is 35.5 Å². The molecule has 186 valence electrons. The number of carbonyl (C=O) groups is 1. The number of amides is 1. The van der Waals surface area contributed by atoms with Crippen molar-refractivity contribution < 1.29 is 26.5 Å². The van der Waals surface area contributed by atoms with Crippen LogP contribution < -0.4 is 5.32 Å². The summed E-state index contributed by atoms with van der Waals surface area (Å²) < 4.78 is 63.0. The number of nitrogens with zero attached hydrogens (tertiary/aromatic N) is 2. The molecule has 2 heterocycles. The van der Waals surface area contributed by atoms with Gasteiger partial charge in [-0.15, -0.1) is 0 Å². The van der Waals surface area contributed by atoms with Crippen LogP contribution in [0.1, 0.15) is 70.9 Å². The number of rotatable bonds is 6. The van der Waals surface area contributed by atoms with Gasteiger partial charge in [0.2, 0.25) is 15.8 Å². The van der Waals surface area contributed by atoms with E-state index in [1.165, 1.54) is 17.3 Å². The highest BCUT2D eigenvalue weighted by molar-refractivity contribution is 7.89. The lowest BCUT2D eigenvalue weighted by atomic mass is 10.0. The Bertz CT molecular complexity index is 1330. The van der Waals surface area contributed by atoms with Crippen molar-refractivity contribution in [3.63, 3.8) is 0 Å². The molecule has 0 saturated carbocycles. The van der Waals surface area contributed by atoms with Gasteiger partial charge in [0.15, 0.2) is 0 Å². The Morgan fingerprint density at radius 3 is 2.54 bits per heavy atom. The minimum atomic E-state index is -3.79. The van der Waals surface area contributed by atoms with Crippen molar-refractivity contribution in [2.24, 2.45) is 0 Å². The largest absolute Gasteiger partial charge is 0.351 e. The second kappa shape index (κ2) is 9.87. The van der Waals surface area contributed by atoms with Crippen LogP contribution >= 0.6 is 0 Å². The van der Waals surface area contributed by atoms with Gasteiger partial charge >= 0.3 is 0 Å². The summed E-state index contributed by atoms with van der Waals surface area (Å²) in [5.41, 5.74) is 1.06. The van der Waals surface area contributed by atoms with Crippen LogP contribution in [-0.2, 0) is 16.6 Å². The van der Waals surface area contributed by atoms with Crippen LogP contribution in [0.5, 0.6) is 0 Å².